The number of anilines is 1. The number of halogens is 1. The van der Waals surface area contributed by atoms with Crippen molar-refractivity contribution in [3.8, 4) is 0 Å². The molecule has 0 spiro atoms. The molecule has 0 heterocycles. The van der Waals surface area contributed by atoms with Crippen molar-refractivity contribution in [2.24, 2.45) is 0 Å². The van der Waals surface area contributed by atoms with Crippen LogP contribution in [0, 0.1) is 3.57 Å². The van der Waals surface area contributed by atoms with Gasteiger partial charge in [0.25, 0.3) is 0 Å². The van der Waals surface area contributed by atoms with Crippen LogP contribution in [0.3, 0.4) is 0 Å². The van der Waals surface area contributed by atoms with Gasteiger partial charge >= 0.3 is 0 Å². The predicted octanol–water partition coefficient (Wildman–Crippen LogP) is 3.45. The zero-order chi connectivity index (χ0) is 12.1. The van der Waals surface area contributed by atoms with E-state index in [-0.39, 0.29) is 0 Å². The highest BCUT2D eigenvalue weighted by Crippen LogP contribution is 2.17. The van der Waals surface area contributed by atoms with Gasteiger partial charge in [0.1, 0.15) is 0 Å². The summed E-state index contributed by atoms with van der Waals surface area (Å²) in [7, 11) is 0. The second-order valence-electron chi connectivity index (χ2n) is 3.70. The zero-order valence-electron chi connectivity index (χ0n) is 9.21. The lowest BCUT2D eigenvalue weighted by Gasteiger charge is -2.17. The molecule has 86 valence electrons. The van der Waals surface area contributed by atoms with Crippen LogP contribution in [0.1, 0.15) is 5.56 Å². The third-order valence-electron chi connectivity index (χ3n) is 2.48. The van der Waals surface area contributed by atoms with Crippen molar-refractivity contribution >= 4 is 34.7 Å². The Labute approximate surface area is 114 Å². The number of rotatable bonds is 4. The average molecular weight is 337 g/mol. The molecule has 0 atom stereocenters. The maximum atomic E-state index is 11.1. The Morgan fingerprint density at radius 1 is 1.00 bits per heavy atom. The third-order valence-corrected chi connectivity index (χ3v) is 3.20. The Morgan fingerprint density at radius 3 is 2.24 bits per heavy atom. The van der Waals surface area contributed by atoms with Crippen LogP contribution in [0.2, 0.25) is 0 Å². The fourth-order valence-corrected chi connectivity index (χ4v) is 1.96. The van der Waals surface area contributed by atoms with E-state index in [0.29, 0.717) is 6.54 Å². The summed E-state index contributed by atoms with van der Waals surface area (Å²) in [5.74, 6) is 0. The van der Waals surface area contributed by atoms with Crippen LogP contribution in [-0.2, 0) is 11.3 Å². The smallest absolute Gasteiger partial charge is 0.214 e. The average Bonchev–Trinajstić information content (AvgIpc) is 2.38. The summed E-state index contributed by atoms with van der Waals surface area (Å²) in [6.45, 7) is 0.602. The topological polar surface area (TPSA) is 20.3 Å². The monoisotopic (exact) mass is 337 g/mol. The van der Waals surface area contributed by atoms with E-state index in [0.717, 1.165) is 21.2 Å². The maximum Gasteiger partial charge on any atom is 0.214 e. The van der Waals surface area contributed by atoms with Gasteiger partial charge in [-0.05, 0) is 52.4 Å². The molecule has 0 aromatic heterocycles. The van der Waals surface area contributed by atoms with Gasteiger partial charge in [-0.15, -0.1) is 0 Å². The SMILES string of the molecule is O=CN(Cc1ccccc1)c1ccc(I)cc1. The van der Waals surface area contributed by atoms with Gasteiger partial charge in [-0.25, -0.2) is 0 Å². The summed E-state index contributed by atoms with van der Waals surface area (Å²) in [6.07, 6.45) is 0.870. The van der Waals surface area contributed by atoms with Gasteiger partial charge in [-0.1, -0.05) is 30.3 Å². The van der Waals surface area contributed by atoms with Crippen molar-refractivity contribution in [2.75, 3.05) is 4.90 Å². The van der Waals surface area contributed by atoms with Crippen molar-refractivity contribution in [3.05, 3.63) is 63.7 Å². The van der Waals surface area contributed by atoms with E-state index < -0.39 is 0 Å². The molecule has 2 rings (SSSR count). The lowest BCUT2D eigenvalue weighted by atomic mass is 10.2. The van der Waals surface area contributed by atoms with Crippen LogP contribution in [0.4, 0.5) is 5.69 Å². The first kappa shape index (κ1) is 12.1. The fourth-order valence-electron chi connectivity index (χ4n) is 1.60. The van der Waals surface area contributed by atoms with Crippen molar-refractivity contribution in [2.45, 2.75) is 6.54 Å². The minimum atomic E-state index is 0.602. The molecule has 1 amide bonds. The summed E-state index contributed by atoms with van der Waals surface area (Å²) >= 11 is 2.25. The quantitative estimate of drug-likeness (QED) is 0.618. The second-order valence-corrected chi connectivity index (χ2v) is 4.94. The fraction of sp³-hybridized carbons (Fsp3) is 0.0714. The van der Waals surface area contributed by atoms with Crippen LogP contribution in [0.15, 0.2) is 54.6 Å². The van der Waals surface area contributed by atoms with Crippen molar-refractivity contribution in [3.63, 3.8) is 0 Å². The summed E-state index contributed by atoms with van der Waals surface area (Å²) in [6, 6.07) is 17.9. The van der Waals surface area contributed by atoms with Gasteiger partial charge in [-0.2, -0.15) is 0 Å². The Kier molecular flexibility index (Phi) is 4.14. The normalized spacial score (nSPS) is 9.94. The van der Waals surface area contributed by atoms with E-state index in [1.807, 2.05) is 54.6 Å². The first-order chi connectivity index (χ1) is 8.29. The molecule has 0 aliphatic carbocycles. The lowest BCUT2D eigenvalue weighted by Crippen LogP contribution is -2.20. The van der Waals surface area contributed by atoms with Crippen molar-refractivity contribution in [1.82, 2.24) is 0 Å². The molecule has 2 aromatic rings. The largest absolute Gasteiger partial charge is 0.311 e. The molecule has 0 saturated carbocycles. The maximum absolute atomic E-state index is 11.1. The minimum absolute atomic E-state index is 0.602. The van der Waals surface area contributed by atoms with Gasteiger partial charge in [0, 0.05) is 9.26 Å². The molecule has 0 fully saturated rings. The molecule has 3 heteroatoms. The molecule has 0 aliphatic heterocycles. The highest BCUT2D eigenvalue weighted by atomic mass is 127. The Bertz CT molecular complexity index is 481. The second kappa shape index (κ2) is 5.82. The van der Waals surface area contributed by atoms with Crippen LogP contribution in [0.5, 0.6) is 0 Å². The van der Waals surface area contributed by atoms with Crippen LogP contribution in [-0.4, -0.2) is 6.41 Å². The van der Waals surface area contributed by atoms with E-state index in [1.165, 1.54) is 0 Å². The first-order valence-electron chi connectivity index (χ1n) is 5.31. The molecular weight excluding hydrogens is 325 g/mol. The molecule has 0 bridgehead atoms. The molecule has 0 radical (unpaired) electrons. The molecule has 2 nitrogen and oxygen atoms in total. The van der Waals surface area contributed by atoms with E-state index >= 15 is 0 Å². The standard InChI is InChI=1S/C14H12INO/c15-13-6-8-14(9-7-13)16(11-17)10-12-4-2-1-3-5-12/h1-9,11H,10H2. The molecule has 0 aliphatic rings. The third kappa shape index (κ3) is 3.30. The highest BCUT2D eigenvalue weighted by molar-refractivity contribution is 14.1. The molecule has 2 aromatic carbocycles. The molecular formula is C14H12INO. The number of amides is 1. The number of carbonyl (C=O) groups excluding carboxylic acids is 1. The van der Waals surface area contributed by atoms with Crippen LogP contribution >= 0.6 is 22.6 Å². The van der Waals surface area contributed by atoms with Gasteiger partial charge in [0.2, 0.25) is 6.41 Å². The minimum Gasteiger partial charge on any atom is -0.311 e. The van der Waals surface area contributed by atoms with E-state index in [9.17, 15) is 4.79 Å². The van der Waals surface area contributed by atoms with Gasteiger partial charge in [0.15, 0.2) is 0 Å². The summed E-state index contributed by atoms with van der Waals surface area (Å²) in [5, 5.41) is 0. The summed E-state index contributed by atoms with van der Waals surface area (Å²) < 4.78 is 1.16. The predicted molar refractivity (Wildman–Crippen MR) is 77.8 cm³/mol. The lowest BCUT2D eigenvalue weighted by molar-refractivity contribution is -0.107. The summed E-state index contributed by atoms with van der Waals surface area (Å²) in [4.78, 5) is 12.8. The van der Waals surface area contributed by atoms with Gasteiger partial charge in [-0.3, -0.25) is 4.79 Å². The van der Waals surface area contributed by atoms with Crippen molar-refractivity contribution in [1.29, 1.82) is 0 Å². The molecule has 0 saturated heterocycles. The molecule has 17 heavy (non-hydrogen) atoms. The van der Waals surface area contributed by atoms with Crippen LogP contribution < -0.4 is 4.90 Å². The van der Waals surface area contributed by atoms with Crippen molar-refractivity contribution < 1.29 is 4.79 Å². The van der Waals surface area contributed by atoms with E-state index in [4.69, 9.17) is 0 Å². The van der Waals surface area contributed by atoms with Gasteiger partial charge in [0.05, 0.1) is 6.54 Å². The zero-order valence-corrected chi connectivity index (χ0v) is 11.4. The Hall–Kier alpha value is -1.36. The highest BCUT2D eigenvalue weighted by Gasteiger charge is 2.05. The number of nitrogens with zero attached hydrogens (tertiary/aromatic N) is 1. The molecule has 0 unspecified atom stereocenters. The number of carbonyl (C=O) groups is 1. The summed E-state index contributed by atoms with van der Waals surface area (Å²) in [5.41, 5.74) is 2.04. The molecule has 0 N–H and O–H groups in total. The number of hydrogen-bond donors (Lipinski definition) is 0. The van der Waals surface area contributed by atoms with E-state index in [2.05, 4.69) is 22.6 Å². The van der Waals surface area contributed by atoms with Gasteiger partial charge < -0.3 is 4.90 Å². The number of hydrogen-bond acceptors (Lipinski definition) is 1. The van der Waals surface area contributed by atoms with E-state index in [1.54, 1.807) is 4.90 Å². The van der Waals surface area contributed by atoms with Crippen LogP contribution in [0.25, 0.3) is 0 Å². The Morgan fingerprint density at radius 2 is 1.65 bits per heavy atom. The first-order valence-corrected chi connectivity index (χ1v) is 6.39. The Balaban J connectivity index is 2.17. The number of benzene rings is 2.